The van der Waals surface area contributed by atoms with Gasteiger partial charge in [-0.1, -0.05) is 50.6 Å². The Morgan fingerprint density at radius 1 is 1.25 bits per heavy atom. The van der Waals surface area contributed by atoms with Crippen molar-refractivity contribution in [3.05, 3.63) is 57.9 Å². The van der Waals surface area contributed by atoms with E-state index in [4.69, 9.17) is 0 Å². The minimum Gasteiger partial charge on any atom is -0.478 e. The number of carboxylic acid groups (broad SMARTS) is 1. The van der Waals surface area contributed by atoms with E-state index in [1.807, 2.05) is 31.2 Å². The van der Waals surface area contributed by atoms with Crippen LogP contribution in [0.1, 0.15) is 51.2 Å². The van der Waals surface area contributed by atoms with Gasteiger partial charge < -0.3 is 10.4 Å². The van der Waals surface area contributed by atoms with Crippen LogP contribution in [0.3, 0.4) is 0 Å². The molecular formula is C20H24N2O2. The summed E-state index contributed by atoms with van der Waals surface area (Å²) in [4.78, 5) is 11.8. The summed E-state index contributed by atoms with van der Waals surface area (Å²) in [7, 11) is 0. The summed E-state index contributed by atoms with van der Waals surface area (Å²) in [6.45, 7) is 10.1. The van der Waals surface area contributed by atoms with Gasteiger partial charge in [-0.15, -0.1) is 0 Å². The number of carbonyl (C=O) groups is 1. The number of allylic oxidation sites excluding steroid dienone is 3. The summed E-state index contributed by atoms with van der Waals surface area (Å²) < 4.78 is 0. The van der Waals surface area contributed by atoms with Crippen molar-refractivity contribution in [2.75, 3.05) is 0 Å². The first-order chi connectivity index (χ1) is 11.1. The molecule has 0 fully saturated rings. The quantitative estimate of drug-likeness (QED) is 0.871. The van der Waals surface area contributed by atoms with E-state index in [1.165, 1.54) is 0 Å². The Bertz CT molecular complexity index is 756. The maximum atomic E-state index is 11.8. The first-order valence-corrected chi connectivity index (χ1v) is 8.05. The molecule has 1 aliphatic rings. The number of carboxylic acids is 1. The summed E-state index contributed by atoms with van der Waals surface area (Å²) in [6, 6.07) is 9.98. The Kier molecular flexibility index (Phi) is 4.84. The lowest BCUT2D eigenvalue weighted by atomic mass is 9.78. The van der Waals surface area contributed by atoms with Gasteiger partial charge in [-0.2, -0.15) is 5.26 Å². The van der Waals surface area contributed by atoms with E-state index in [-0.39, 0.29) is 11.0 Å². The van der Waals surface area contributed by atoms with Crippen molar-refractivity contribution in [1.29, 1.82) is 5.26 Å². The number of hydrogen-bond acceptors (Lipinski definition) is 3. The molecule has 24 heavy (non-hydrogen) atoms. The maximum Gasteiger partial charge on any atom is 0.334 e. The van der Waals surface area contributed by atoms with Gasteiger partial charge in [0.05, 0.1) is 23.1 Å². The number of aryl methyl sites for hydroxylation is 1. The molecule has 0 saturated heterocycles. The van der Waals surface area contributed by atoms with Gasteiger partial charge in [-0.3, -0.25) is 0 Å². The lowest BCUT2D eigenvalue weighted by Gasteiger charge is -2.31. The Morgan fingerprint density at radius 3 is 2.29 bits per heavy atom. The SMILES string of the molecule is CC1=C(C(=O)O)C(c2ccc(C)cc2)C(C#N)=C(CC(C)(C)C)N1. The summed E-state index contributed by atoms with van der Waals surface area (Å²) in [5, 5.41) is 22.6. The fourth-order valence-corrected chi connectivity index (χ4v) is 3.07. The third-order valence-electron chi connectivity index (χ3n) is 4.11. The van der Waals surface area contributed by atoms with Crippen LogP contribution in [0.5, 0.6) is 0 Å². The van der Waals surface area contributed by atoms with Crippen molar-refractivity contribution in [3.8, 4) is 6.07 Å². The zero-order valence-electron chi connectivity index (χ0n) is 14.9. The molecule has 1 atom stereocenters. The van der Waals surface area contributed by atoms with E-state index in [0.29, 0.717) is 17.7 Å². The molecule has 4 heteroatoms. The monoisotopic (exact) mass is 324 g/mol. The van der Waals surface area contributed by atoms with Crippen LogP contribution < -0.4 is 5.32 Å². The number of nitrogens with zero attached hydrogens (tertiary/aromatic N) is 1. The molecule has 0 amide bonds. The lowest BCUT2D eigenvalue weighted by molar-refractivity contribution is -0.133. The normalized spacial score (nSPS) is 18.2. The van der Waals surface area contributed by atoms with Crippen LogP contribution in [0, 0.1) is 23.7 Å². The van der Waals surface area contributed by atoms with Gasteiger partial charge in [-0.25, -0.2) is 4.79 Å². The molecule has 126 valence electrons. The second kappa shape index (κ2) is 6.52. The van der Waals surface area contributed by atoms with E-state index in [2.05, 4.69) is 32.2 Å². The second-order valence-corrected chi connectivity index (χ2v) is 7.55. The molecule has 4 nitrogen and oxygen atoms in total. The molecule has 0 aromatic heterocycles. The number of hydrogen-bond donors (Lipinski definition) is 2. The molecule has 0 radical (unpaired) electrons. The van der Waals surface area contributed by atoms with Crippen LogP contribution in [-0.4, -0.2) is 11.1 Å². The maximum absolute atomic E-state index is 11.8. The molecule has 1 heterocycles. The topological polar surface area (TPSA) is 73.1 Å². The predicted molar refractivity (Wildman–Crippen MR) is 94.1 cm³/mol. The molecule has 0 aliphatic carbocycles. The van der Waals surface area contributed by atoms with Crippen molar-refractivity contribution in [1.82, 2.24) is 5.32 Å². The lowest BCUT2D eigenvalue weighted by Crippen LogP contribution is -2.30. The minimum atomic E-state index is -0.992. The van der Waals surface area contributed by atoms with Crippen LogP contribution in [-0.2, 0) is 4.79 Å². The number of benzene rings is 1. The van der Waals surface area contributed by atoms with Crippen LogP contribution in [0.15, 0.2) is 46.8 Å². The van der Waals surface area contributed by atoms with Crippen molar-refractivity contribution in [3.63, 3.8) is 0 Å². The largest absolute Gasteiger partial charge is 0.478 e. The van der Waals surface area contributed by atoms with Gasteiger partial charge in [0.25, 0.3) is 0 Å². The van der Waals surface area contributed by atoms with Gasteiger partial charge in [0.2, 0.25) is 0 Å². The van der Waals surface area contributed by atoms with Gasteiger partial charge in [0, 0.05) is 11.4 Å². The first kappa shape index (κ1) is 17.8. The molecule has 1 unspecified atom stereocenters. The fourth-order valence-electron chi connectivity index (χ4n) is 3.07. The van der Waals surface area contributed by atoms with Crippen LogP contribution in [0.4, 0.5) is 0 Å². The van der Waals surface area contributed by atoms with Crippen molar-refractivity contribution < 1.29 is 9.90 Å². The average Bonchev–Trinajstić information content (AvgIpc) is 2.45. The zero-order valence-corrected chi connectivity index (χ0v) is 14.9. The predicted octanol–water partition coefficient (Wildman–Crippen LogP) is 4.25. The Balaban J connectivity index is 2.64. The van der Waals surface area contributed by atoms with Gasteiger partial charge in [0.1, 0.15) is 0 Å². The highest BCUT2D eigenvalue weighted by Gasteiger charge is 2.35. The Labute approximate surface area is 143 Å². The second-order valence-electron chi connectivity index (χ2n) is 7.55. The highest BCUT2D eigenvalue weighted by molar-refractivity contribution is 5.91. The highest BCUT2D eigenvalue weighted by atomic mass is 16.4. The van der Waals surface area contributed by atoms with E-state index in [1.54, 1.807) is 6.92 Å². The molecule has 1 aromatic carbocycles. The Morgan fingerprint density at radius 2 is 1.83 bits per heavy atom. The first-order valence-electron chi connectivity index (χ1n) is 8.05. The fraction of sp³-hybridized carbons (Fsp3) is 0.400. The molecule has 1 aromatic rings. The number of nitriles is 1. The number of rotatable bonds is 3. The molecule has 2 rings (SSSR count). The summed E-state index contributed by atoms with van der Waals surface area (Å²) in [5.41, 5.74) is 4.09. The third-order valence-corrected chi connectivity index (χ3v) is 4.11. The molecule has 2 N–H and O–H groups in total. The van der Waals surface area contributed by atoms with Crippen LogP contribution in [0.25, 0.3) is 0 Å². The van der Waals surface area contributed by atoms with Gasteiger partial charge >= 0.3 is 5.97 Å². The van der Waals surface area contributed by atoms with E-state index >= 15 is 0 Å². The zero-order chi connectivity index (χ0) is 18.1. The van der Waals surface area contributed by atoms with Gasteiger partial charge in [-0.05, 0) is 31.2 Å². The standard InChI is InChI=1S/C20H24N2O2/c1-12-6-8-14(9-7-12)18-15(11-21)16(10-20(3,4)5)22-13(2)17(18)19(23)24/h6-9,18,22H,10H2,1-5H3,(H,23,24). The van der Waals surface area contributed by atoms with Gasteiger partial charge in [0.15, 0.2) is 0 Å². The van der Waals surface area contributed by atoms with Crippen LogP contribution >= 0.6 is 0 Å². The van der Waals surface area contributed by atoms with E-state index in [0.717, 1.165) is 16.8 Å². The summed E-state index contributed by atoms with van der Waals surface area (Å²) >= 11 is 0. The molecule has 0 bridgehead atoms. The molecule has 0 spiro atoms. The minimum absolute atomic E-state index is 0.0106. The summed E-state index contributed by atoms with van der Waals surface area (Å²) in [6.07, 6.45) is 0.683. The molecule has 0 saturated carbocycles. The smallest absolute Gasteiger partial charge is 0.334 e. The number of aliphatic carboxylic acids is 1. The molecular weight excluding hydrogens is 300 g/mol. The number of nitrogens with one attached hydrogen (secondary N) is 1. The van der Waals surface area contributed by atoms with E-state index in [9.17, 15) is 15.2 Å². The van der Waals surface area contributed by atoms with Crippen molar-refractivity contribution >= 4 is 5.97 Å². The Hall–Kier alpha value is -2.54. The van der Waals surface area contributed by atoms with Crippen molar-refractivity contribution in [2.24, 2.45) is 5.41 Å². The van der Waals surface area contributed by atoms with Crippen LogP contribution in [0.2, 0.25) is 0 Å². The van der Waals surface area contributed by atoms with Crippen molar-refractivity contribution in [2.45, 2.75) is 47.0 Å². The number of dihydropyridines is 1. The van der Waals surface area contributed by atoms with E-state index < -0.39 is 11.9 Å². The third kappa shape index (κ3) is 3.68. The average molecular weight is 324 g/mol. The summed E-state index contributed by atoms with van der Waals surface area (Å²) in [5.74, 6) is -1.53. The molecule has 1 aliphatic heterocycles. The highest BCUT2D eigenvalue weighted by Crippen LogP contribution is 2.40.